The zero-order valence-electron chi connectivity index (χ0n) is 12.7. The molecular formula is C19H16N4. The second kappa shape index (κ2) is 5.71. The molecule has 3 atom stereocenters. The van der Waals surface area contributed by atoms with Gasteiger partial charge in [-0.2, -0.15) is 15.8 Å². The standard InChI is InChI=1S/C19H16N4/c20-10-16-14-8-4-5-9-15(14)17(13-6-2-1-3-7-13)19(11-21,12-22)18(16)23/h1-3,6-8,15-17,23H,4-5,9H2/t15-,16+,17-/m1/s1. The van der Waals surface area contributed by atoms with Gasteiger partial charge in [0.2, 0.25) is 0 Å². The molecule has 0 bridgehead atoms. The Bertz CT molecular complexity index is 771. The first-order chi connectivity index (χ1) is 11.2. The molecule has 23 heavy (non-hydrogen) atoms. The lowest BCUT2D eigenvalue weighted by molar-refractivity contribution is 0.320. The van der Waals surface area contributed by atoms with Gasteiger partial charge in [-0.3, -0.25) is 0 Å². The number of rotatable bonds is 1. The highest BCUT2D eigenvalue weighted by molar-refractivity contribution is 6.00. The fourth-order valence-electron chi connectivity index (χ4n) is 4.05. The van der Waals surface area contributed by atoms with Gasteiger partial charge in [-0.25, -0.2) is 0 Å². The van der Waals surface area contributed by atoms with Gasteiger partial charge in [0, 0.05) is 5.92 Å². The highest BCUT2D eigenvalue weighted by atomic mass is 14.6. The predicted molar refractivity (Wildman–Crippen MR) is 85.1 cm³/mol. The summed E-state index contributed by atoms with van der Waals surface area (Å²) in [6.45, 7) is 0. The van der Waals surface area contributed by atoms with E-state index in [0.717, 1.165) is 30.4 Å². The van der Waals surface area contributed by atoms with E-state index in [1.165, 1.54) is 0 Å². The molecule has 112 valence electrons. The maximum Gasteiger partial charge on any atom is 0.189 e. The summed E-state index contributed by atoms with van der Waals surface area (Å²) >= 11 is 0. The maximum atomic E-state index is 9.81. The molecule has 0 radical (unpaired) electrons. The number of fused-ring (bicyclic) bond motifs is 1. The molecule has 0 spiro atoms. The van der Waals surface area contributed by atoms with Gasteiger partial charge in [0.25, 0.3) is 0 Å². The van der Waals surface area contributed by atoms with Crippen molar-refractivity contribution < 1.29 is 0 Å². The van der Waals surface area contributed by atoms with Crippen LogP contribution in [0.25, 0.3) is 0 Å². The lowest BCUT2D eigenvalue weighted by Gasteiger charge is -2.45. The van der Waals surface area contributed by atoms with Crippen LogP contribution >= 0.6 is 0 Å². The minimum absolute atomic E-state index is 0.0239. The maximum absolute atomic E-state index is 9.81. The number of allylic oxidation sites excluding steroid dienone is 2. The molecule has 0 heterocycles. The molecule has 0 amide bonds. The highest BCUT2D eigenvalue weighted by Crippen LogP contribution is 2.54. The van der Waals surface area contributed by atoms with E-state index < -0.39 is 11.3 Å². The summed E-state index contributed by atoms with van der Waals surface area (Å²) in [7, 11) is 0. The number of nitriles is 3. The molecule has 2 aliphatic carbocycles. The van der Waals surface area contributed by atoms with Crippen LogP contribution in [0.5, 0.6) is 0 Å². The van der Waals surface area contributed by atoms with Crippen LogP contribution in [-0.2, 0) is 0 Å². The van der Waals surface area contributed by atoms with Crippen molar-refractivity contribution in [1.82, 2.24) is 0 Å². The van der Waals surface area contributed by atoms with Crippen LogP contribution < -0.4 is 0 Å². The van der Waals surface area contributed by atoms with E-state index in [4.69, 9.17) is 5.41 Å². The summed E-state index contributed by atoms with van der Waals surface area (Å²) < 4.78 is 0. The molecule has 1 saturated carbocycles. The quantitative estimate of drug-likeness (QED) is 0.801. The largest absolute Gasteiger partial charge is 0.305 e. The molecule has 4 heteroatoms. The van der Waals surface area contributed by atoms with E-state index in [1.807, 2.05) is 36.4 Å². The SMILES string of the molecule is N#C[C@@H]1C(=N)C(C#N)(C#N)[C@H](c2ccccc2)[C@@H]2CCCC=C12. The zero-order chi connectivity index (χ0) is 16.4. The first-order valence-corrected chi connectivity index (χ1v) is 7.75. The molecule has 0 saturated heterocycles. The molecule has 0 unspecified atom stereocenters. The molecule has 0 aliphatic heterocycles. The topological polar surface area (TPSA) is 95.2 Å². The minimum atomic E-state index is -1.57. The van der Waals surface area contributed by atoms with E-state index >= 15 is 0 Å². The Morgan fingerprint density at radius 1 is 1.09 bits per heavy atom. The smallest absolute Gasteiger partial charge is 0.189 e. The average molecular weight is 300 g/mol. The number of benzene rings is 1. The second-order valence-corrected chi connectivity index (χ2v) is 6.14. The molecule has 1 N–H and O–H groups in total. The summed E-state index contributed by atoms with van der Waals surface area (Å²) in [6.07, 6.45) is 4.77. The lowest BCUT2D eigenvalue weighted by atomic mass is 9.53. The van der Waals surface area contributed by atoms with E-state index in [2.05, 4.69) is 18.2 Å². The molecular weight excluding hydrogens is 284 g/mol. The van der Waals surface area contributed by atoms with E-state index in [9.17, 15) is 15.8 Å². The Morgan fingerprint density at radius 3 is 2.39 bits per heavy atom. The average Bonchev–Trinajstić information content (AvgIpc) is 2.61. The number of hydrogen-bond donors (Lipinski definition) is 1. The van der Waals surface area contributed by atoms with Gasteiger partial charge >= 0.3 is 0 Å². The Balaban J connectivity index is 2.26. The first-order valence-electron chi connectivity index (χ1n) is 7.75. The summed E-state index contributed by atoms with van der Waals surface area (Å²) in [6, 6.07) is 15.9. The summed E-state index contributed by atoms with van der Waals surface area (Å²) in [5.41, 5.74) is 0.192. The first kappa shape index (κ1) is 15.0. The van der Waals surface area contributed by atoms with Crippen LogP contribution in [0, 0.1) is 56.7 Å². The van der Waals surface area contributed by atoms with Gasteiger partial charge in [0.1, 0.15) is 5.92 Å². The Labute approximate surface area is 135 Å². The van der Waals surface area contributed by atoms with Crippen molar-refractivity contribution in [2.24, 2.45) is 17.3 Å². The number of nitrogens with zero attached hydrogens (tertiary/aromatic N) is 3. The molecule has 0 aromatic heterocycles. The third kappa shape index (κ3) is 2.06. The minimum Gasteiger partial charge on any atom is -0.305 e. The van der Waals surface area contributed by atoms with Crippen LogP contribution in [0.3, 0.4) is 0 Å². The highest BCUT2D eigenvalue weighted by Gasteiger charge is 2.56. The van der Waals surface area contributed by atoms with Gasteiger partial charge < -0.3 is 5.41 Å². The monoisotopic (exact) mass is 300 g/mol. The van der Waals surface area contributed by atoms with Gasteiger partial charge in [0.05, 0.1) is 23.9 Å². The number of hydrogen-bond acceptors (Lipinski definition) is 4. The van der Waals surface area contributed by atoms with Crippen molar-refractivity contribution in [1.29, 1.82) is 21.2 Å². The lowest BCUT2D eigenvalue weighted by Crippen LogP contribution is -2.48. The van der Waals surface area contributed by atoms with Crippen molar-refractivity contribution in [2.45, 2.75) is 25.2 Å². The number of nitrogens with one attached hydrogen (secondary N) is 1. The van der Waals surface area contributed by atoms with E-state index in [1.54, 1.807) is 0 Å². The summed E-state index contributed by atoms with van der Waals surface area (Å²) in [4.78, 5) is 0. The molecule has 1 aromatic carbocycles. The normalized spacial score (nSPS) is 28.5. The van der Waals surface area contributed by atoms with Crippen LogP contribution in [0.4, 0.5) is 0 Å². The van der Waals surface area contributed by atoms with Gasteiger partial charge in [-0.05, 0) is 36.3 Å². The van der Waals surface area contributed by atoms with Crippen molar-refractivity contribution >= 4 is 5.71 Å². The van der Waals surface area contributed by atoms with Crippen LogP contribution in [0.1, 0.15) is 30.7 Å². The Morgan fingerprint density at radius 2 is 1.78 bits per heavy atom. The predicted octanol–water partition coefficient (Wildman–Crippen LogP) is 3.70. The van der Waals surface area contributed by atoms with Crippen molar-refractivity contribution in [3.63, 3.8) is 0 Å². The summed E-state index contributed by atoms with van der Waals surface area (Å²) in [5, 5.41) is 37.6. The molecule has 1 aromatic rings. The van der Waals surface area contributed by atoms with Crippen LogP contribution in [0.15, 0.2) is 42.0 Å². The van der Waals surface area contributed by atoms with Crippen molar-refractivity contribution in [2.75, 3.05) is 0 Å². The van der Waals surface area contributed by atoms with Crippen LogP contribution in [0.2, 0.25) is 0 Å². The van der Waals surface area contributed by atoms with E-state index in [0.29, 0.717) is 0 Å². The summed E-state index contributed by atoms with van der Waals surface area (Å²) in [5.74, 6) is -1.16. The Kier molecular flexibility index (Phi) is 3.73. The fourth-order valence-corrected chi connectivity index (χ4v) is 4.05. The third-order valence-electron chi connectivity index (χ3n) is 5.08. The van der Waals surface area contributed by atoms with Crippen molar-refractivity contribution in [3.05, 3.63) is 47.5 Å². The molecule has 2 aliphatic rings. The molecule has 1 fully saturated rings. The molecule has 3 rings (SSSR count). The molecule has 4 nitrogen and oxygen atoms in total. The van der Waals surface area contributed by atoms with Gasteiger partial charge in [-0.15, -0.1) is 0 Å². The Hall–Kier alpha value is -2.90. The fraction of sp³-hybridized carbons (Fsp3) is 0.368. The van der Waals surface area contributed by atoms with Crippen LogP contribution in [-0.4, -0.2) is 5.71 Å². The van der Waals surface area contributed by atoms with E-state index in [-0.39, 0.29) is 17.5 Å². The zero-order valence-corrected chi connectivity index (χ0v) is 12.7. The van der Waals surface area contributed by atoms with Crippen molar-refractivity contribution in [3.8, 4) is 18.2 Å². The van der Waals surface area contributed by atoms with Gasteiger partial charge in [0.15, 0.2) is 5.41 Å². The van der Waals surface area contributed by atoms with Gasteiger partial charge in [-0.1, -0.05) is 36.4 Å². The third-order valence-corrected chi connectivity index (χ3v) is 5.08. The second-order valence-electron chi connectivity index (χ2n) is 6.14.